The quantitative estimate of drug-likeness (QED) is 0.831. The van der Waals surface area contributed by atoms with E-state index in [0.717, 1.165) is 15.9 Å². The molecule has 3 rings (SSSR count). The Morgan fingerprint density at radius 1 is 1.29 bits per heavy atom. The van der Waals surface area contributed by atoms with Gasteiger partial charge in [0.2, 0.25) is 0 Å². The molecule has 1 fully saturated rings. The lowest BCUT2D eigenvalue weighted by atomic mass is 10.2. The predicted octanol–water partition coefficient (Wildman–Crippen LogP) is 4.45. The number of rotatable bonds is 2. The molecule has 1 N–H and O–H groups in total. The van der Waals surface area contributed by atoms with Gasteiger partial charge >= 0.3 is 0 Å². The van der Waals surface area contributed by atoms with Gasteiger partial charge in [0.15, 0.2) is 0 Å². The highest BCUT2D eigenvalue weighted by atomic mass is 79.9. The molecule has 1 saturated carbocycles. The lowest BCUT2D eigenvalue weighted by molar-refractivity contribution is 0.987. The standard InChI is InChI=1S/C13H11BrN2S/c14-10-4-2-1-3-9(10)13-15-11(8-5-6-8)7-12(17)16-13/h1-4,7-8H,5-6H2,(H,15,16,17). The van der Waals surface area contributed by atoms with Crippen molar-refractivity contribution >= 4 is 28.1 Å². The third-order valence-electron chi connectivity index (χ3n) is 2.91. The Morgan fingerprint density at radius 3 is 2.76 bits per heavy atom. The van der Waals surface area contributed by atoms with E-state index in [2.05, 4.69) is 25.9 Å². The summed E-state index contributed by atoms with van der Waals surface area (Å²) in [6.07, 6.45) is 2.51. The maximum Gasteiger partial charge on any atom is 0.140 e. The first-order chi connectivity index (χ1) is 8.24. The van der Waals surface area contributed by atoms with Crippen LogP contribution in [0.25, 0.3) is 11.4 Å². The summed E-state index contributed by atoms with van der Waals surface area (Å²) >= 11 is 8.77. The molecule has 17 heavy (non-hydrogen) atoms. The van der Waals surface area contributed by atoms with Crippen molar-refractivity contribution in [2.24, 2.45) is 0 Å². The second-order valence-corrected chi connectivity index (χ2v) is 5.55. The molecule has 1 aromatic carbocycles. The van der Waals surface area contributed by atoms with Gasteiger partial charge in [-0.3, -0.25) is 0 Å². The molecule has 1 aliphatic carbocycles. The molecule has 0 amide bonds. The molecule has 2 nitrogen and oxygen atoms in total. The fourth-order valence-corrected chi connectivity index (χ4v) is 2.56. The predicted molar refractivity (Wildman–Crippen MR) is 74.5 cm³/mol. The second-order valence-electron chi connectivity index (χ2n) is 4.28. The zero-order chi connectivity index (χ0) is 11.8. The first kappa shape index (κ1) is 11.1. The number of H-pyrrole nitrogens is 1. The SMILES string of the molecule is S=c1cc(C2CC2)[nH]c(-c2ccccc2Br)n1. The Labute approximate surface area is 113 Å². The molecule has 1 aliphatic rings. The average molecular weight is 307 g/mol. The normalized spacial score (nSPS) is 14.9. The van der Waals surface area contributed by atoms with Gasteiger partial charge in [0, 0.05) is 15.7 Å². The molecule has 2 aromatic rings. The van der Waals surface area contributed by atoms with Gasteiger partial charge in [-0.2, -0.15) is 0 Å². The van der Waals surface area contributed by atoms with Crippen molar-refractivity contribution < 1.29 is 0 Å². The molecule has 0 aliphatic heterocycles. The molecule has 0 spiro atoms. The van der Waals surface area contributed by atoms with E-state index in [-0.39, 0.29) is 0 Å². The smallest absolute Gasteiger partial charge is 0.140 e. The van der Waals surface area contributed by atoms with Crippen LogP contribution in [-0.4, -0.2) is 9.97 Å². The van der Waals surface area contributed by atoms with E-state index < -0.39 is 0 Å². The highest BCUT2D eigenvalue weighted by Gasteiger charge is 2.24. The van der Waals surface area contributed by atoms with E-state index >= 15 is 0 Å². The Morgan fingerprint density at radius 2 is 2.06 bits per heavy atom. The molecule has 1 aromatic heterocycles. The number of aromatic amines is 1. The van der Waals surface area contributed by atoms with E-state index in [0.29, 0.717) is 10.6 Å². The minimum absolute atomic E-state index is 0.654. The number of benzene rings is 1. The lowest BCUT2D eigenvalue weighted by Crippen LogP contribution is -1.95. The summed E-state index contributed by atoms with van der Waals surface area (Å²) in [6.45, 7) is 0. The van der Waals surface area contributed by atoms with Crippen LogP contribution >= 0.6 is 28.1 Å². The van der Waals surface area contributed by atoms with E-state index in [1.807, 2.05) is 30.3 Å². The Kier molecular flexibility index (Phi) is 2.84. The highest BCUT2D eigenvalue weighted by molar-refractivity contribution is 9.10. The number of nitrogens with one attached hydrogen (secondary N) is 1. The first-order valence-electron chi connectivity index (χ1n) is 5.60. The van der Waals surface area contributed by atoms with Gasteiger partial charge in [-0.05, 0) is 30.9 Å². The fourth-order valence-electron chi connectivity index (χ4n) is 1.87. The van der Waals surface area contributed by atoms with Crippen molar-refractivity contribution in [2.75, 3.05) is 0 Å². The van der Waals surface area contributed by atoms with Gasteiger partial charge in [-0.1, -0.05) is 46.3 Å². The van der Waals surface area contributed by atoms with Crippen LogP contribution < -0.4 is 0 Å². The van der Waals surface area contributed by atoms with E-state index in [4.69, 9.17) is 12.2 Å². The topological polar surface area (TPSA) is 28.7 Å². The molecule has 0 bridgehead atoms. The summed E-state index contributed by atoms with van der Waals surface area (Å²) in [5.74, 6) is 1.51. The zero-order valence-corrected chi connectivity index (χ0v) is 11.5. The number of hydrogen-bond acceptors (Lipinski definition) is 2. The third-order valence-corrected chi connectivity index (χ3v) is 3.81. The van der Waals surface area contributed by atoms with Crippen LogP contribution in [0.3, 0.4) is 0 Å². The number of nitrogens with zero attached hydrogens (tertiary/aromatic N) is 1. The van der Waals surface area contributed by atoms with Crippen LogP contribution in [0.4, 0.5) is 0 Å². The average Bonchev–Trinajstić information content (AvgIpc) is 3.12. The summed E-state index contributed by atoms with van der Waals surface area (Å²) < 4.78 is 1.70. The van der Waals surface area contributed by atoms with Crippen molar-refractivity contribution in [3.05, 3.63) is 45.1 Å². The Bertz CT molecular complexity index is 617. The van der Waals surface area contributed by atoms with Gasteiger partial charge < -0.3 is 4.98 Å². The molecular formula is C13H11BrN2S. The van der Waals surface area contributed by atoms with E-state index in [1.54, 1.807) is 0 Å². The first-order valence-corrected chi connectivity index (χ1v) is 6.80. The Balaban J connectivity index is 2.14. The number of halogens is 1. The molecule has 0 saturated heterocycles. The van der Waals surface area contributed by atoms with Gasteiger partial charge in [-0.15, -0.1) is 0 Å². The minimum atomic E-state index is 0.654. The van der Waals surface area contributed by atoms with Gasteiger partial charge in [0.05, 0.1) is 0 Å². The molecule has 4 heteroatoms. The highest BCUT2D eigenvalue weighted by Crippen LogP contribution is 2.39. The monoisotopic (exact) mass is 306 g/mol. The molecule has 0 atom stereocenters. The summed E-state index contributed by atoms with van der Waals surface area (Å²) in [4.78, 5) is 7.80. The molecule has 0 unspecified atom stereocenters. The number of hydrogen-bond donors (Lipinski definition) is 1. The molecule has 86 valence electrons. The van der Waals surface area contributed by atoms with Crippen LogP contribution in [0, 0.1) is 4.64 Å². The van der Waals surface area contributed by atoms with Gasteiger partial charge in [0.1, 0.15) is 10.5 Å². The van der Waals surface area contributed by atoms with Crippen LogP contribution in [0.1, 0.15) is 24.5 Å². The number of aromatic nitrogens is 2. The Hall–Kier alpha value is -1.000. The van der Waals surface area contributed by atoms with E-state index in [9.17, 15) is 0 Å². The van der Waals surface area contributed by atoms with Gasteiger partial charge in [0.25, 0.3) is 0 Å². The third kappa shape index (κ3) is 2.33. The second kappa shape index (κ2) is 4.35. The largest absolute Gasteiger partial charge is 0.343 e. The summed E-state index contributed by atoms with van der Waals surface area (Å²) in [5, 5.41) is 0. The summed E-state index contributed by atoms with van der Waals surface area (Å²) in [6, 6.07) is 10.0. The van der Waals surface area contributed by atoms with Crippen LogP contribution in [0.15, 0.2) is 34.8 Å². The molecule has 0 radical (unpaired) electrons. The lowest BCUT2D eigenvalue weighted by Gasteiger charge is -2.06. The van der Waals surface area contributed by atoms with Crippen LogP contribution in [0.5, 0.6) is 0 Å². The van der Waals surface area contributed by atoms with Crippen molar-refractivity contribution in [3.63, 3.8) is 0 Å². The van der Waals surface area contributed by atoms with Crippen LogP contribution in [0.2, 0.25) is 0 Å². The van der Waals surface area contributed by atoms with Crippen molar-refractivity contribution in [3.8, 4) is 11.4 Å². The van der Waals surface area contributed by atoms with Crippen molar-refractivity contribution in [2.45, 2.75) is 18.8 Å². The zero-order valence-electron chi connectivity index (χ0n) is 9.11. The van der Waals surface area contributed by atoms with Gasteiger partial charge in [-0.25, -0.2) is 4.98 Å². The van der Waals surface area contributed by atoms with E-state index in [1.165, 1.54) is 18.5 Å². The maximum absolute atomic E-state index is 5.23. The molecular weight excluding hydrogens is 296 g/mol. The van der Waals surface area contributed by atoms with Crippen molar-refractivity contribution in [1.82, 2.24) is 9.97 Å². The molecule has 1 heterocycles. The summed E-state index contributed by atoms with van der Waals surface area (Å²) in [5.41, 5.74) is 2.27. The summed E-state index contributed by atoms with van der Waals surface area (Å²) in [7, 11) is 0. The van der Waals surface area contributed by atoms with Crippen LogP contribution in [-0.2, 0) is 0 Å². The maximum atomic E-state index is 5.23. The van der Waals surface area contributed by atoms with Crippen molar-refractivity contribution in [1.29, 1.82) is 0 Å². The minimum Gasteiger partial charge on any atom is -0.343 e. The fraction of sp³-hybridized carbons (Fsp3) is 0.231.